The number of ether oxygens (including phenoxy) is 1. The van der Waals surface area contributed by atoms with Gasteiger partial charge in [0.05, 0.1) is 12.8 Å². The first kappa shape index (κ1) is 18.8. The number of furan rings is 1. The van der Waals surface area contributed by atoms with Crippen LogP contribution in [0, 0.1) is 0 Å². The number of imide groups is 2. The molecule has 29 heavy (non-hydrogen) atoms. The molecule has 1 N–H and O–H groups in total. The van der Waals surface area contributed by atoms with Gasteiger partial charge in [-0.05, 0) is 55.7 Å². The van der Waals surface area contributed by atoms with Crippen molar-refractivity contribution < 1.29 is 23.5 Å². The van der Waals surface area contributed by atoms with Crippen LogP contribution in [-0.4, -0.2) is 38.0 Å². The van der Waals surface area contributed by atoms with E-state index in [1.54, 1.807) is 30.3 Å². The summed E-state index contributed by atoms with van der Waals surface area (Å²) in [5.74, 6) is 0.225. The van der Waals surface area contributed by atoms with Crippen LogP contribution in [0.15, 0.2) is 46.4 Å². The minimum Gasteiger partial charge on any atom is -0.497 e. The average Bonchev–Trinajstić information content (AvgIpc) is 3.21. The summed E-state index contributed by atoms with van der Waals surface area (Å²) in [6.45, 7) is 1.84. The molecule has 0 aliphatic carbocycles. The molecule has 2 fully saturated rings. The molecular formula is C21H21N3O5. The Hall–Kier alpha value is -3.55. The van der Waals surface area contributed by atoms with Gasteiger partial charge in [-0.15, -0.1) is 0 Å². The van der Waals surface area contributed by atoms with Crippen molar-refractivity contribution in [2.24, 2.45) is 0 Å². The Morgan fingerprint density at radius 2 is 1.72 bits per heavy atom. The molecule has 3 heterocycles. The molecule has 2 aromatic rings. The van der Waals surface area contributed by atoms with Gasteiger partial charge >= 0.3 is 6.03 Å². The van der Waals surface area contributed by atoms with E-state index in [1.165, 1.54) is 19.6 Å². The van der Waals surface area contributed by atoms with Gasteiger partial charge in [-0.1, -0.05) is 0 Å². The molecule has 0 unspecified atom stereocenters. The molecule has 2 aliphatic heterocycles. The lowest BCUT2D eigenvalue weighted by molar-refractivity contribution is -0.122. The van der Waals surface area contributed by atoms with E-state index < -0.39 is 17.8 Å². The van der Waals surface area contributed by atoms with Gasteiger partial charge < -0.3 is 14.1 Å². The topological polar surface area (TPSA) is 92.1 Å². The number of piperidine rings is 1. The Balaban J connectivity index is 1.60. The predicted molar refractivity (Wildman–Crippen MR) is 107 cm³/mol. The van der Waals surface area contributed by atoms with Gasteiger partial charge in [0.2, 0.25) is 0 Å². The van der Waals surface area contributed by atoms with Crippen molar-refractivity contribution in [3.63, 3.8) is 0 Å². The average molecular weight is 395 g/mol. The van der Waals surface area contributed by atoms with Crippen molar-refractivity contribution in [1.29, 1.82) is 0 Å². The van der Waals surface area contributed by atoms with Gasteiger partial charge in [0.1, 0.15) is 17.1 Å². The number of benzene rings is 1. The lowest BCUT2D eigenvalue weighted by Gasteiger charge is -2.26. The fourth-order valence-corrected chi connectivity index (χ4v) is 3.47. The van der Waals surface area contributed by atoms with Crippen molar-refractivity contribution in [1.82, 2.24) is 5.32 Å². The molecule has 150 valence electrons. The van der Waals surface area contributed by atoms with E-state index in [-0.39, 0.29) is 5.57 Å². The van der Waals surface area contributed by atoms with E-state index in [0.29, 0.717) is 23.1 Å². The molecule has 2 aliphatic rings. The standard InChI is InChI=1S/C21H21N3O5/c1-28-15-7-5-14(6-8-15)24-20(26)17(19(25)22-21(24)27)13-16-9-10-18(29-16)23-11-3-2-4-12-23/h5-10,13H,2-4,11-12H2,1H3,(H,22,25,27)/b17-13+. The number of anilines is 2. The third-order valence-corrected chi connectivity index (χ3v) is 5.00. The summed E-state index contributed by atoms with van der Waals surface area (Å²) < 4.78 is 10.9. The number of carbonyl (C=O) groups is 3. The fourth-order valence-electron chi connectivity index (χ4n) is 3.47. The van der Waals surface area contributed by atoms with Gasteiger partial charge in [-0.3, -0.25) is 14.9 Å². The van der Waals surface area contributed by atoms with Crippen molar-refractivity contribution in [2.75, 3.05) is 30.0 Å². The predicted octanol–water partition coefficient (Wildman–Crippen LogP) is 2.94. The SMILES string of the molecule is COc1ccc(N2C(=O)NC(=O)/C(=C\c3ccc(N4CCCCC4)o3)C2=O)cc1. The molecule has 8 nitrogen and oxygen atoms in total. The lowest BCUT2D eigenvalue weighted by atomic mass is 10.1. The van der Waals surface area contributed by atoms with Gasteiger partial charge in [-0.2, -0.15) is 0 Å². The van der Waals surface area contributed by atoms with E-state index in [4.69, 9.17) is 9.15 Å². The van der Waals surface area contributed by atoms with Gasteiger partial charge in [0.25, 0.3) is 11.8 Å². The first-order valence-corrected chi connectivity index (χ1v) is 9.47. The molecule has 4 rings (SSSR count). The molecule has 1 aromatic carbocycles. The zero-order valence-electron chi connectivity index (χ0n) is 16.0. The van der Waals surface area contributed by atoms with Crippen LogP contribution < -0.4 is 19.9 Å². The highest BCUT2D eigenvalue weighted by Crippen LogP contribution is 2.27. The molecule has 0 saturated carbocycles. The molecule has 0 atom stereocenters. The maximum absolute atomic E-state index is 12.9. The van der Waals surface area contributed by atoms with Crippen LogP contribution >= 0.6 is 0 Å². The van der Waals surface area contributed by atoms with Crippen LogP contribution in [0.4, 0.5) is 16.4 Å². The van der Waals surface area contributed by atoms with Crippen LogP contribution in [0.3, 0.4) is 0 Å². The Bertz CT molecular complexity index is 970. The van der Waals surface area contributed by atoms with E-state index in [9.17, 15) is 14.4 Å². The number of urea groups is 1. The third-order valence-electron chi connectivity index (χ3n) is 5.00. The number of barbiturate groups is 1. The van der Waals surface area contributed by atoms with Gasteiger partial charge in [0, 0.05) is 19.2 Å². The first-order valence-electron chi connectivity index (χ1n) is 9.47. The molecule has 0 radical (unpaired) electrons. The van der Waals surface area contributed by atoms with Crippen molar-refractivity contribution in [3.05, 3.63) is 47.7 Å². The highest BCUT2D eigenvalue weighted by molar-refractivity contribution is 6.39. The summed E-state index contributed by atoms with van der Waals surface area (Å²) in [6, 6.07) is 9.16. The monoisotopic (exact) mass is 395 g/mol. The van der Waals surface area contributed by atoms with Gasteiger partial charge in [0.15, 0.2) is 5.88 Å². The summed E-state index contributed by atoms with van der Waals surface area (Å²) >= 11 is 0. The minimum absolute atomic E-state index is 0.167. The summed E-state index contributed by atoms with van der Waals surface area (Å²) in [5, 5.41) is 2.20. The number of hydrogen-bond donors (Lipinski definition) is 1. The van der Waals surface area contributed by atoms with E-state index in [2.05, 4.69) is 10.2 Å². The van der Waals surface area contributed by atoms with Crippen molar-refractivity contribution >= 4 is 35.5 Å². The number of rotatable bonds is 4. The molecule has 2 saturated heterocycles. The first-order chi connectivity index (χ1) is 14.1. The number of methoxy groups -OCH3 is 1. The normalized spacial score (nSPS) is 18.9. The Morgan fingerprint density at radius 1 is 1.00 bits per heavy atom. The quantitative estimate of drug-likeness (QED) is 0.632. The summed E-state index contributed by atoms with van der Waals surface area (Å²) in [4.78, 5) is 40.5. The van der Waals surface area contributed by atoms with E-state index in [1.807, 2.05) is 6.07 Å². The second kappa shape index (κ2) is 7.83. The molecule has 8 heteroatoms. The molecule has 4 amide bonds. The fraction of sp³-hybridized carbons (Fsp3) is 0.286. The maximum atomic E-state index is 12.9. The lowest BCUT2D eigenvalue weighted by Crippen LogP contribution is -2.54. The van der Waals surface area contributed by atoms with E-state index >= 15 is 0 Å². The summed E-state index contributed by atoms with van der Waals surface area (Å²) in [6.07, 6.45) is 4.79. The highest BCUT2D eigenvalue weighted by Gasteiger charge is 2.37. The second-order valence-electron chi connectivity index (χ2n) is 6.88. The Morgan fingerprint density at radius 3 is 2.41 bits per heavy atom. The van der Waals surface area contributed by atoms with Crippen LogP contribution in [0.25, 0.3) is 6.08 Å². The zero-order chi connectivity index (χ0) is 20.4. The number of nitrogens with zero attached hydrogens (tertiary/aromatic N) is 2. The smallest absolute Gasteiger partial charge is 0.335 e. The Kier molecular flexibility index (Phi) is 5.07. The largest absolute Gasteiger partial charge is 0.497 e. The highest BCUT2D eigenvalue weighted by atomic mass is 16.5. The molecule has 0 spiro atoms. The van der Waals surface area contributed by atoms with Gasteiger partial charge in [-0.25, -0.2) is 9.69 Å². The number of carbonyl (C=O) groups excluding carboxylic acids is 3. The number of hydrogen-bond acceptors (Lipinski definition) is 6. The zero-order valence-corrected chi connectivity index (χ0v) is 16.0. The number of nitrogens with one attached hydrogen (secondary N) is 1. The minimum atomic E-state index is -0.796. The van der Waals surface area contributed by atoms with Crippen LogP contribution in [-0.2, 0) is 9.59 Å². The number of amides is 4. The molecular weight excluding hydrogens is 374 g/mol. The van der Waals surface area contributed by atoms with Crippen LogP contribution in [0.1, 0.15) is 25.0 Å². The second-order valence-corrected chi connectivity index (χ2v) is 6.88. The summed E-state index contributed by atoms with van der Waals surface area (Å²) in [5.41, 5.74) is 0.167. The third kappa shape index (κ3) is 3.73. The maximum Gasteiger partial charge on any atom is 0.335 e. The molecule has 1 aromatic heterocycles. The van der Waals surface area contributed by atoms with Crippen molar-refractivity contribution in [2.45, 2.75) is 19.3 Å². The van der Waals surface area contributed by atoms with Crippen LogP contribution in [0.2, 0.25) is 0 Å². The molecule has 0 bridgehead atoms. The Labute approximate surface area is 167 Å². The van der Waals surface area contributed by atoms with E-state index in [0.717, 1.165) is 30.8 Å². The summed E-state index contributed by atoms with van der Waals surface area (Å²) in [7, 11) is 1.52. The van der Waals surface area contributed by atoms with Crippen molar-refractivity contribution in [3.8, 4) is 5.75 Å². The van der Waals surface area contributed by atoms with Crippen LogP contribution in [0.5, 0.6) is 5.75 Å².